The van der Waals surface area contributed by atoms with Crippen LogP contribution >= 0.6 is 0 Å². The van der Waals surface area contributed by atoms with E-state index in [9.17, 15) is 13.2 Å². The lowest BCUT2D eigenvalue weighted by molar-refractivity contribution is -0.138. The first-order valence-corrected chi connectivity index (χ1v) is 6.98. The lowest BCUT2D eigenvalue weighted by Crippen LogP contribution is -2.28. The van der Waals surface area contributed by atoms with Gasteiger partial charge in [0.15, 0.2) is 5.56 Å². The van der Waals surface area contributed by atoms with Gasteiger partial charge in [0.2, 0.25) is 5.88 Å². The molecule has 0 atom stereocenters. The molecule has 0 aromatic carbocycles. The fourth-order valence-corrected chi connectivity index (χ4v) is 2.60. The topological polar surface area (TPSA) is 41.1 Å². The summed E-state index contributed by atoms with van der Waals surface area (Å²) in [6, 6.07) is 0. The predicted molar refractivity (Wildman–Crippen MR) is 70.1 cm³/mol. The minimum absolute atomic E-state index is 0.0382. The molecule has 0 bridgehead atoms. The Morgan fingerprint density at radius 2 is 1.60 bits per heavy atom. The monoisotopic (exact) mass is 291 g/mol. The van der Waals surface area contributed by atoms with E-state index in [-0.39, 0.29) is 11.7 Å². The van der Waals surface area contributed by atoms with Crippen molar-refractivity contribution >= 4 is 5.82 Å². The summed E-state index contributed by atoms with van der Waals surface area (Å²) in [5.41, 5.74) is -0.792. The van der Waals surface area contributed by atoms with E-state index >= 15 is 0 Å². The number of nitrogens with zero attached hydrogens (tertiary/aromatic N) is 2. The van der Waals surface area contributed by atoms with Crippen LogP contribution in [0.4, 0.5) is 19.0 Å². The molecule has 1 aromatic heterocycles. The fraction of sp³-hybridized carbons (Fsp3) is 0.769. The number of H-pyrrole nitrogens is 1. The average Bonchev–Trinajstić information content (AvgIpc) is 2.86. The van der Waals surface area contributed by atoms with Gasteiger partial charge in [-0.2, -0.15) is 13.2 Å². The average molecular weight is 291 g/mol. The first-order chi connectivity index (χ1) is 9.54. The van der Waals surface area contributed by atoms with E-state index in [2.05, 4.69) is 10.2 Å². The standard InChI is InChI=1S/C13H20F3N3O/c1-20-12-10(13(14,15)16)11(17-18-12)19-8-6-4-2-3-5-7-9-19/h2-9H2,1H3,(H,17,18). The molecule has 1 N–H and O–H groups in total. The molecule has 1 aromatic rings. The third-order valence-corrected chi connectivity index (χ3v) is 3.61. The lowest BCUT2D eigenvalue weighted by Gasteiger charge is -2.24. The van der Waals surface area contributed by atoms with Gasteiger partial charge in [0.25, 0.3) is 0 Å². The molecule has 2 rings (SSSR count). The predicted octanol–water partition coefficient (Wildman–Crippen LogP) is 3.60. The van der Waals surface area contributed by atoms with Gasteiger partial charge in [-0.3, -0.25) is 5.10 Å². The van der Waals surface area contributed by atoms with Crippen LogP contribution in [-0.2, 0) is 6.18 Å². The summed E-state index contributed by atoms with van der Waals surface area (Å²) >= 11 is 0. The molecule has 4 nitrogen and oxygen atoms in total. The number of rotatable bonds is 2. The quantitative estimate of drug-likeness (QED) is 0.905. The number of hydrogen-bond donors (Lipinski definition) is 1. The minimum Gasteiger partial charge on any atom is -0.479 e. The summed E-state index contributed by atoms with van der Waals surface area (Å²) in [5.74, 6) is -0.344. The summed E-state index contributed by atoms with van der Waals surface area (Å²) < 4.78 is 44.3. The maximum absolute atomic E-state index is 13.2. The summed E-state index contributed by atoms with van der Waals surface area (Å²) in [5, 5.41) is 6.15. The highest BCUT2D eigenvalue weighted by Gasteiger charge is 2.41. The van der Waals surface area contributed by atoms with Gasteiger partial charge in [-0.15, -0.1) is 5.10 Å². The fourth-order valence-electron chi connectivity index (χ4n) is 2.60. The van der Waals surface area contributed by atoms with Crippen LogP contribution in [0, 0.1) is 0 Å². The van der Waals surface area contributed by atoms with Gasteiger partial charge in [0.05, 0.1) is 7.11 Å². The molecule has 1 aliphatic rings. The second-order valence-electron chi connectivity index (χ2n) is 5.06. The van der Waals surface area contributed by atoms with Crippen LogP contribution in [-0.4, -0.2) is 30.4 Å². The second-order valence-corrected chi connectivity index (χ2v) is 5.06. The van der Waals surface area contributed by atoms with Crippen molar-refractivity contribution in [3.63, 3.8) is 0 Å². The molecule has 114 valence electrons. The Bertz CT molecular complexity index is 421. The number of nitrogens with one attached hydrogen (secondary N) is 1. The van der Waals surface area contributed by atoms with Gasteiger partial charge in [0, 0.05) is 13.1 Å². The highest BCUT2D eigenvalue weighted by atomic mass is 19.4. The highest BCUT2D eigenvalue weighted by molar-refractivity contribution is 5.53. The Labute approximate surface area is 116 Å². The molecule has 0 spiro atoms. The van der Waals surface area contributed by atoms with Gasteiger partial charge in [-0.1, -0.05) is 25.7 Å². The van der Waals surface area contributed by atoms with E-state index in [4.69, 9.17) is 4.74 Å². The Morgan fingerprint density at radius 3 is 2.10 bits per heavy atom. The van der Waals surface area contributed by atoms with Crippen molar-refractivity contribution in [1.82, 2.24) is 10.2 Å². The van der Waals surface area contributed by atoms with Gasteiger partial charge >= 0.3 is 6.18 Å². The molecule has 0 unspecified atom stereocenters. The maximum Gasteiger partial charge on any atom is 0.425 e. The molecule has 2 heterocycles. The van der Waals surface area contributed by atoms with Crippen molar-refractivity contribution < 1.29 is 17.9 Å². The van der Waals surface area contributed by atoms with Crippen molar-refractivity contribution in [2.75, 3.05) is 25.1 Å². The lowest BCUT2D eigenvalue weighted by atomic mass is 10.1. The minimum atomic E-state index is -4.47. The number of anilines is 1. The molecule has 0 amide bonds. The third kappa shape index (κ3) is 3.37. The largest absolute Gasteiger partial charge is 0.479 e. The van der Waals surface area contributed by atoms with Crippen LogP contribution in [0.5, 0.6) is 5.88 Å². The number of hydrogen-bond acceptors (Lipinski definition) is 3. The maximum atomic E-state index is 13.2. The number of aromatic amines is 1. The summed E-state index contributed by atoms with van der Waals surface area (Å²) in [6.07, 6.45) is 1.77. The molecule has 0 radical (unpaired) electrons. The van der Waals surface area contributed by atoms with E-state index in [0.717, 1.165) is 38.5 Å². The van der Waals surface area contributed by atoms with Crippen LogP contribution in [0.2, 0.25) is 0 Å². The molecular weight excluding hydrogens is 271 g/mol. The Hall–Kier alpha value is -1.40. The molecule has 0 saturated carbocycles. The SMILES string of the molecule is COc1n[nH]c(N2CCCCCCCC2)c1C(F)(F)F. The Morgan fingerprint density at radius 1 is 1.05 bits per heavy atom. The van der Waals surface area contributed by atoms with Crippen LogP contribution in [0.15, 0.2) is 0 Å². The van der Waals surface area contributed by atoms with Crippen molar-refractivity contribution in [3.05, 3.63) is 5.56 Å². The van der Waals surface area contributed by atoms with E-state index in [1.807, 2.05) is 0 Å². The second kappa shape index (κ2) is 6.37. The molecule has 0 aliphatic carbocycles. The highest BCUT2D eigenvalue weighted by Crippen LogP contribution is 2.41. The summed E-state index contributed by atoms with van der Waals surface area (Å²) in [7, 11) is 1.20. The van der Waals surface area contributed by atoms with E-state index in [1.165, 1.54) is 7.11 Å². The number of ether oxygens (including phenoxy) is 1. The molecule has 20 heavy (non-hydrogen) atoms. The number of alkyl halides is 3. The van der Waals surface area contributed by atoms with Crippen LogP contribution in [0.3, 0.4) is 0 Å². The molecule has 1 saturated heterocycles. The van der Waals surface area contributed by atoms with E-state index < -0.39 is 11.7 Å². The van der Waals surface area contributed by atoms with Crippen molar-refractivity contribution in [2.24, 2.45) is 0 Å². The molecule has 1 aliphatic heterocycles. The van der Waals surface area contributed by atoms with Crippen LogP contribution in [0.25, 0.3) is 0 Å². The molecule has 7 heteroatoms. The van der Waals surface area contributed by atoms with Crippen LogP contribution in [0.1, 0.15) is 44.1 Å². The van der Waals surface area contributed by atoms with Crippen molar-refractivity contribution in [3.8, 4) is 5.88 Å². The normalized spacial score (nSPS) is 18.3. The van der Waals surface area contributed by atoms with Gasteiger partial charge in [-0.05, 0) is 12.8 Å². The zero-order valence-corrected chi connectivity index (χ0v) is 11.6. The third-order valence-electron chi connectivity index (χ3n) is 3.61. The van der Waals surface area contributed by atoms with Crippen LogP contribution < -0.4 is 9.64 Å². The molecule has 1 fully saturated rings. The van der Waals surface area contributed by atoms with Crippen molar-refractivity contribution in [2.45, 2.75) is 44.7 Å². The summed E-state index contributed by atoms with van der Waals surface area (Å²) in [4.78, 5) is 1.75. The number of halogens is 3. The first kappa shape index (κ1) is 15.0. The van der Waals surface area contributed by atoms with E-state index in [0.29, 0.717) is 13.1 Å². The first-order valence-electron chi connectivity index (χ1n) is 6.98. The summed E-state index contributed by atoms with van der Waals surface area (Å²) in [6.45, 7) is 1.24. The molecular formula is C13H20F3N3O. The van der Waals surface area contributed by atoms with Gasteiger partial charge in [0.1, 0.15) is 5.82 Å². The van der Waals surface area contributed by atoms with Crippen molar-refractivity contribution in [1.29, 1.82) is 0 Å². The zero-order chi connectivity index (χ0) is 14.6. The number of methoxy groups -OCH3 is 1. The zero-order valence-electron chi connectivity index (χ0n) is 11.6. The van der Waals surface area contributed by atoms with Gasteiger partial charge in [-0.25, -0.2) is 0 Å². The smallest absolute Gasteiger partial charge is 0.425 e. The van der Waals surface area contributed by atoms with Gasteiger partial charge < -0.3 is 9.64 Å². The Balaban J connectivity index is 2.27. The Kier molecular flexibility index (Phi) is 4.77. The van der Waals surface area contributed by atoms with E-state index in [1.54, 1.807) is 4.90 Å². The number of aromatic nitrogens is 2.